The van der Waals surface area contributed by atoms with Crippen molar-refractivity contribution >= 4 is 11.8 Å². The third kappa shape index (κ3) is 2.95. The molecule has 0 spiro atoms. The lowest BCUT2D eigenvalue weighted by molar-refractivity contribution is -0.175. The molecule has 8 atom stereocenters. The monoisotopic (exact) mass is 507 g/mol. The van der Waals surface area contributed by atoms with E-state index in [9.17, 15) is 9.59 Å². The Morgan fingerprint density at radius 3 is 2.43 bits per heavy atom. The van der Waals surface area contributed by atoms with Crippen LogP contribution in [0.5, 0.6) is 0 Å². The van der Waals surface area contributed by atoms with Gasteiger partial charge >= 0.3 is 5.97 Å². The van der Waals surface area contributed by atoms with Gasteiger partial charge in [-0.05, 0) is 97.9 Å². The average molecular weight is 508 g/mol. The van der Waals surface area contributed by atoms with Crippen LogP contribution in [0.4, 0.5) is 0 Å². The Labute approximate surface area is 222 Å². The first-order chi connectivity index (χ1) is 17.2. The molecule has 0 aromatic carbocycles. The van der Waals surface area contributed by atoms with Crippen LogP contribution in [0.3, 0.4) is 0 Å². The molecule has 5 heteroatoms. The van der Waals surface area contributed by atoms with Gasteiger partial charge in [0, 0.05) is 16.9 Å². The first-order valence-corrected chi connectivity index (χ1v) is 14.4. The highest BCUT2D eigenvalue weighted by molar-refractivity contribution is 5.96. The number of ether oxygens (including phenoxy) is 1. The van der Waals surface area contributed by atoms with E-state index in [1.165, 1.54) is 18.2 Å². The van der Waals surface area contributed by atoms with Crippen LogP contribution in [-0.4, -0.2) is 24.0 Å². The molecule has 37 heavy (non-hydrogen) atoms. The van der Waals surface area contributed by atoms with Gasteiger partial charge < -0.3 is 9.26 Å². The molecule has 1 aromatic heterocycles. The van der Waals surface area contributed by atoms with Crippen molar-refractivity contribution in [3.05, 3.63) is 29.2 Å². The van der Waals surface area contributed by atoms with Gasteiger partial charge in [-0.3, -0.25) is 9.59 Å². The maximum atomic E-state index is 14.5. The Morgan fingerprint density at radius 1 is 1.03 bits per heavy atom. The van der Waals surface area contributed by atoms with Gasteiger partial charge in [-0.1, -0.05) is 52.3 Å². The van der Waals surface area contributed by atoms with Gasteiger partial charge in [0.2, 0.25) is 0 Å². The molecule has 0 bridgehead atoms. The maximum absolute atomic E-state index is 14.5. The quantitative estimate of drug-likeness (QED) is 0.389. The number of esters is 1. The molecule has 202 valence electrons. The smallest absolute Gasteiger partial charge is 0.311 e. The van der Waals surface area contributed by atoms with Crippen molar-refractivity contribution in [1.82, 2.24) is 5.16 Å². The van der Waals surface area contributed by atoms with Crippen LogP contribution in [-0.2, 0) is 26.2 Å². The second kappa shape index (κ2) is 7.39. The highest BCUT2D eigenvalue weighted by atomic mass is 16.5. The Kier molecular flexibility index (Phi) is 5.06. The van der Waals surface area contributed by atoms with Gasteiger partial charge in [0.25, 0.3) is 0 Å². The number of allylic oxidation sites excluding steroid dienone is 2. The molecule has 1 heterocycles. The molecule has 0 N–H and O–H groups in total. The molecular formula is C32H45NO4. The molecule has 3 saturated carbocycles. The second-order valence-corrected chi connectivity index (χ2v) is 15.3. The van der Waals surface area contributed by atoms with Crippen molar-refractivity contribution in [2.24, 2.45) is 44.8 Å². The summed E-state index contributed by atoms with van der Waals surface area (Å²) in [4.78, 5) is 27.4. The minimum absolute atomic E-state index is 0.0326. The predicted molar refractivity (Wildman–Crippen MR) is 142 cm³/mol. The number of carbonyl (C=O) groups is 2. The van der Waals surface area contributed by atoms with Gasteiger partial charge in [0.05, 0.1) is 18.7 Å². The van der Waals surface area contributed by atoms with Crippen LogP contribution in [0.2, 0.25) is 0 Å². The highest BCUT2D eigenvalue weighted by Gasteiger charge is 2.70. The van der Waals surface area contributed by atoms with Crippen LogP contribution in [0, 0.1) is 44.8 Å². The van der Waals surface area contributed by atoms with Gasteiger partial charge in [-0.15, -0.1) is 0 Å². The van der Waals surface area contributed by atoms with E-state index < -0.39 is 5.41 Å². The Balaban J connectivity index is 1.47. The van der Waals surface area contributed by atoms with E-state index in [0.29, 0.717) is 11.7 Å². The fourth-order valence-corrected chi connectivity index (χ4v) is 10.9. The summed E-state index contributed by atoms with van der Waals surface area (Å²) in [6.07, 6.45) is 11.9. The normalized spacial score (nSPS) is 47.9. The van der Waals surface area contributed by atoms with E-state index in [-0.39, 0.29) is 44.9 Å². The Morgan fingerprint density at radius 2 is 1.73 bits per heavy atom. The van der Waals surface area contributed by atoms with Crippen molar-refractivity contribution in [2.45, 2.75) is 105 Å². The zero-order valence-corrected chi connectivity index (χ0v) is 24.1. The van der Waals surface area contributed by atoms with Gasteiger partial charge in [0.1, 0.15) is 5.76 Å². The third-order valence-corrected chi connectivity index (χ3v) is 13.2. The van der Waals surface area contributed by atoms with Crippen LogP contribution >= 0.6 is 0 Å². The Hall–Kier alpha value is -1.91. The number of aromatic nitrogens is 1. The van der Waals surface area contributed by atoms with Gasteiger partial charge in [-0.25, -0.2) is 0 Å². The SMILES string of the molecule is COC(=O)[C@@]1(C)CC[C@]2(C)CC[C@]3(C)C(=CC(=O)[C@@H]4[C@@]5(C)Cc6cnoc6C(C)(C)[C@H]5CC[C@]43C)[C@H]2C1. The van der Waals surface area contributed by atoms with E-state index in [1.807, 2.05) is 6.20 Å². The standard InChI is InChI=1S/C32H45NO4/c1-27(2)23-9-10-32(7)24(30(23,5)16-19-18-33-37-25(19)27)22(34)15-20-21-17-29(4,26(35)36-8)12-11-28(21,3)13-14-31(20,32)6/h15,18,21,23-24H,9-14,16-17H2,1-8H3/t21-,23-,24-,28-,29+,30+,31-,32-/m1/s1. The third-order valence-electron chi connectivity index (χ3n) is 13.2. The second-order valence-electron chi connectivity index (χ2n) is 15.3. The highest BCUT2D eigenvalue weighted by Crippen LogP contribution is 2.74. The van der Waals surface area contributed by atoms with Gasteiger partial charge in [-0.2, -0.15) is 0 Å². The van der Waals surface area contributed by atoms with E-state index in [1.54, 1.807) is 0 Å². The minimum Gasteiger partial charge on any atom is -0.469 e. The van der Waals surface area contributed by atoms with Crippen molar-refractivity contribution < 1.29 is 18.8 Å². The fourth-order valence-electron chi connectivity index (χ4n) is 10.9. The zero-order chi connectivity index (χ0) is 26.8. The number of hydrogen-bond donors (Lipinski definition) is 0. The summed E-state index contributed by atoms with van der Waals surface area (Å²) in [5.41, 5.74) is 1.68. The number of carbonyl (C=O) groups excluding carboxylic acids is 2. The summed E-state index contributed by atoms with van der Waals surface area (Å²) >= 11 is 0. The lowest BCUT2D eigenvalue weighted by atomic mass is 9.33. The molecule has 0 saturated heterocycles. The summed E-state index contributed by atoms with van der Waals surface area (Å²) in [6.45, 7) is 16.4. The van der Waals surface area contributed by atoms with Crippen LogP contribution in [0.1, 0.15) is 105 Å². The molecule has 3 fully saturated rings. The lowest BCUT2D eigenvalue weighted by Gasteiger charge is -2.69. The molecule has 0 aliphatic heterocycles. The van der Waals surface area contributed by atoms with Crippen LogP contribution in [0.25, 0.3) is 0 Å². The maximum Gasteiger partial charge on any atom is 0.311 e. The Bertz CT molecular complexity index is 1210. The summed E-state index contributed by atoms with van der Waals surface area (Å²) in [7, 11) is 1.51. The van der Waals surface area contributed by atoms with Crippen molar-refractivity contribution in [3.63, 3.8) is 0 Å². The topological polar surface area (TPSA) is 69.4 Å². The first-order valence-electron chi connectivity index (χ1n) is 14.4. The molecule has 5 aliphatic carbocycles. The van der Waals surface area contributed by atoms with Crippen molar-refractivity contribution in [3.8, 4) is 0 Å². The van der Waals surface area contributed by atoms with E-state index >= 15 is 0 Å². The largest absolute Gasteiger partial charge is 0.469 e. The van der Waals surface area contributed by atoms with Crippen molar-refractivity contribution in [1.29, 1.82) is 0 Å². The predicted octanol–water partition coefficient (Wildman–Crippen LogP) is 6.84. The van der Waals surface area contributed by atoms with Crippen molar-refractivity contribution in [2.75, 3.05) is 7.11 Å². The summed E-state index contributed by atoms with van der Waals surface area (Å²) < 4.78 is 11.1. The zero-order valence-electron chi connectivity index (χ0n) is 24.1. The number of rotatable bonds is 1. The molecule has 0 amide bonds. The van der Waals surface area contributed by atoms with Crippen LogP contribution < -0.4 is 0 Å². The van der Waals surface area contributed by atoms with E-state index in [0.717, 1.165) is 57.1 Å². The number of nitrogens with zero attached hydrogens (tertiary/aromatic N) is 1. The fraction of sp³-hybridized carbons (Fsp3) is 0.781. The number of methoxy groups -OCH3 is 1. The first kappa shape index (κ1) is 25.4. The molecule has 5 aliphatic rings. The average Bonchev–Trinajstić information content (AvgIpc) is 3.29. The molecule has 0 radical (unpaired) electrons. The molecule has 5 nitrogen and oxygen atoms in total. The summed E-state index contributed by atoms with van der Waals surface area (Å²) in [6, 6.07) is 0. The number of hydrogen-bond acceptors (Lipinski definition) is 5. The summed E-state index contributed by atoms with van der Waals surface area (Å²) in [5, 5.41) is 4.19. The summed E-state index contributed by atoms with van der Waals surface area (Å²) in [5.74, 6) is 1.80. The van der Waals surface area contributed by atoms with Crippen LogP contribution in [0.15, 0.2) is 22.4 Å². The van der Waals surface area contributed by atoms with Gasteiger partial charge in [0.15, 0.2) is 5.78 Å². The molecule has 6 rings (SSSR count). The number of ketones is 1. The molecule has 1 aromatic rings. The minimum atomic E-state index is -0.486. The lowest BCUT2D eigenvalue weighted by Crippen LogP contribution is -2.66. The van der Waals surface area contributed by atoms with E-state index in [4.69, 9.17) is 9.26 Å². The van der Waals surface area contributed by atoms with E-state index in [2.05, 4.69) is 59.7 Å². The molecular weight excluding hydrogens is 462 g/mol. The molecule has 0 unspecified atom stereocenters. The number of fused-ring (bicyclic) bond motifs is 8.